The van der Waals surface area contributed by atoms with Crippen LogP contribution < -0.4 is 20.3 Å². The van der Waals surface area contributed by atoms with E-state index in [1.165, 1.54) is 7.11 Å². The lowest BCUT2D eigenvalue weighted by molar-refractivity contribution is 0.0953. The third kappa shape index (κ3) is 4.11. The van der Waals surface area contributed by atoms with Crippen molar-refractivity contribution in [1.29, 1.82) is 0 Å². The van der Waals surface area contributed by atoms with E-state index in [4.69, 9.17) is 9.47 Å². The molecular weight excluding hydrogens is 344 g/mol. The third-order valence-electron chi connectivity index (χ3n) is 4.40. The molecule has 0 fully saturated rings. The smallest absolute Gasteiger partial charge is 0.251 e. The van der Waals surface area contributed by atoms with Crippen LogP contribution in [0.4, 0.5) is 0 Å². The molecule has 27 heavy (non-hydrogen) atoms. The minimum atomic E-state index is -0.232. The Bertz CT molecular complexity index is 1040. The fourth-order valence-corrected chi connectivity index (χ4v) is 2.95. The molecule has 0 aliphatic carbocycles. The molecule has 0 aliphatic rings. The van der Waals surface area contributed by atoms with Crippen LogP contribution in [0, 0.1) is 6.92 Å². The average molecular weight is 366 g/mol. The quantitative estimate of drug-likeness (QED) is 0.703. The number of aromatic amines is 1. The summed E-state index contributed by atoms with van der Waals surface area (Å²) < 4.78 is 10.4. The number of aromatic nitrogens is 1. The van der Waals surface area contributed by atoms with Gasteiger partial charge in [-0.05, 0) is 55.1 Å². The second-order valence-corrected chi connectivity index (χ2v) is 6.29. The highest BCUT2D eigenvalue weighted by Crippen LogP contribution is 2.27. The third-order valence-corrected chi connectivity index (χ3v) is 4.40. The molecule has 3 rings (SSSR count). The molecule has 1 heterocycles. The summed E-state index contributed by atoms with van der Waals surface area (Å²) in [4.78, 5) is 27.5. The van der Waals surface area contributed by atoms with E-state index in [2.05, 4.69) is 10.3 Å². The molecule has 2 aromatic carbocycles. The molecule has 6 heteroatoms. The molecule has 0 atom stereocenters. The van der Waals surface area contributed by atoms with Crippen molar-refractivity contribution < 1.29 is 14.3 Å². The normalized spacial score (nSPS) is 10.6. The lowest BCUT2D eigenvalue weighted by Crippen LogP contribution is -2.27. The van der Waals surface area contributed by atoms with Crippen molar-refractivity contribution in [2.75, 3.05) is 20.8 Å². The minimum absolute atomic E-state index is 0.133. The number of aryl methyl sites for hydroxylation is 1. The van der Waals surface area contributed by atoms with E-state index in [0.717, 1.165) is 16.5 Å². The standard InChI is InChI=1S/C21H22N2O4/c1-13-4-6-17-16(10-13)11-15(21(25)23-17)8-9-22-20(24)14-5-7-18(26-2)19(12-14)27-3/h4-7,10-12H,8-9H2,1-3H3,(H,22,24)(H,23,25). The van der Waals surface area contributed by atoms with Crippen molar-refractivity contribution in [2.45, 2.75) is 13.3 Å². The van der Waals surface area contributed by atoms with Gasteiger partial charge < -0.3 is 19.8 Å². The van der Waals surface area contributed by atoms with E-state index >= 15 is 0 Å². The molecule has 0 saturated heterocycles. The lowest BCUT2D eigenvalue weighted by atomic mass is 10.1. The zero-order chi connectivity index (χ0) is 19.4. The van der Waals surface area contributed by atoms with Crippen LogP contribution in [-0.2, 0) is 6.42 Å². The second-order valence-electron chi connectivity index (χ2n) is 6.29. The monoisotopic (exact) mass is 366 g/mol. The first-order valence-electron chi connectivity index (χ1n) is 8.64. The molecule has 0 radical (unpaired) electrons. The fraction of sp³-hybridized carbons (Fsp3) is 0.238. The number of rotatable bonds is 6. The zero-order valence-corrected chi connectivity index (χ0v) is 15.6. The SMILES string of the molecule is COc1ccc(C(=O)NCCc2cc3cc(C)ccc3[nH]c2=O)cc1OC. The molecule has 1 aromatic heterocycles. The first-order valence-corrected chi connectivity index (χ1v) is 8.64. The lowest BCUT2D eigenvalue weighted by Gasteiger charge is -2.10. The first-order chi connectivity index (χ1) is 13.0. The molecule has 2 N–H and O–H groups in total. The number of carbonyl (C=O) groups excluding carboxylic acids is 1. The molecule has 0 spiro atoms. The van der Waals surface area contributed by atoms with Gasteiger partial charge in [-0.1, -0.05) is 11.6 Å². The van der Waals surface area contributed by atoms with Crippen LogP contribution in [0.5, 0.6) is 11.5 Å². The first kappa shape index (κ1) is 18.5. The van der Waals surface area contributed by atoms with Crippen molar-refractivity contribution in [2.24, 2.45) is 0 Å². The van der Waals surface area contributed by atoms with E-state index in [1.807, 2.05) is 31.2 Å². The van der Waals surface area contributed by atoms with Gasteiger partial charge in [0, 0.05) is 23.2 Å². The number of hydrogen-bond acceptors (Lipinski definition) is 4. The van der Waals surface area contributed by atoms with Crippen LogP contribution in [0.1, 0.15) is 21.5 Å². The number of nitrogens with one attached hydrogen (secondary N) is 2. The van der Waals surface area contributed by atoms with E-state index in [0.29, 0.717) is 35.6 Å². The summed E-state index contributed by atoms with van der Waals surface area (Å²) in [7, 11) is 3.06. The summed E-state index contributed by atoms with van der Waals surface area (Å²) in [6, 6.07) is 12.7. The van der Waals surface area contributed by atoms with Crippen molar-refractivity contribution in [3.63, 3.8) is 0 Å². The van der Waals surface area contributed by atoms with Gasteiger partial charge in [0.2, 0.25) is 0 Å². The molecule has 0 aliphatic heterocycles. The number of pyridine rings is 1. The highest BCUT2D eigenvalue weighted by atomic mass is 16.5. The number of ether oxygens (including phenoxy) is 2. The predicted molar refractivity (Wildman–Crippen MR) is 105 cm³/mol. The van der Waals surface area contributed by atoms with Crippen LogP contribution in [0.3, 0.4) is 0 Å². The highest BCUT2D eigenvalue weighted by molar-refractivity contribution is 5.94. The van der Waals surface area contributed by atoms with Crippen LogP contribution in [-0.4, -0.2) is 31.7 Å². The fourth-order valence-electron chi connectivity index (χ4n) is 2.95. The maximum absolute atomic E-state index is 12.4. The molecular formula is C21H22N2O4. The topological polar surface area (TPSA) is 80.4 Å². The van der Waals surface area contributed by atoms with Gasteiger partial charge in [0.1, 0.15) is 0 Å². The molecule has 6 nitrogen and oxygen atoms in total. The maximum Gasteiger partial charge on any atom is 0.251 e. The molecule has 3 aromatic rings. The number of benzene rings is 2. The molecule has 0 saturated carbocycles. The summed E-state index contributed by atoms with van der Waals surface area (Å²) in [5.74, 6) is 0.822. The van der Waals surface area contributed by atoms with Crippen LogP contribution in [0.2, 0.25) is 0 Å². The van der Waals surface area contributed by atoms with Gasteiger partial charge in [0.05, 0.1) is 14.2 Å². The minimum Gasteiger partial charge on any atom is -0.493 e. The predicted octanol–water partition coefficient (Wildman–Crippen LogP) is 2.83. The van der Waals surface area contributed by atoms with Gasteiger partial charge in [0.15, 0.2) is 11.5 Å². The van der Waals surface area contributed by atoms with Crippen molar-refractivity contribution >= 4 is 16.8 Å². The number of H-pyrrole nitrogens is 1. The van der Waals surface area contributed by atoms with Gasteiger partial charge >= 0.3 is 0 Å². The summed E-state index contributed by atoms with van der Waals surface area (Å²) in [5, 5.41) is 3.82. The van der Waals surface area contributed by atoms with Crippen molar-refractivity contribution in [3.05, 3.63) is 69.5 Å². The van der Waals surface area contributed by atoms with Gasteiger partial charge in [-0.3, -0.25) is 9.59 Å². The zero-order valence-electron chi connectivity index (χ0n) is 15.6. The molecule has 1 amide bonds. The number of hydrogen-bond donors (Lipinski definition) is 2. The molecule has 140 valence electrons. The Morgan fingerprint density at radius 2 is 1.81 bits per heavy atom. The summed E-state index contributed by atoms with van der Waals surface area (Å²) in [5.41, 5.74) is 2.91. The summed E-state index contributed by atoms with van der Waals surface area (Å²) >= 11 is 0. The largest absolute Gasteiger partial charge is 0.493 e. The van der Waals surface area contributed by atoms with Crippen LogP contribution in [0.25, 0.3) is 10.9 Å². The Balaban J connectivity index is 1.69. The Morgan fingerprint density at radius 3 is 2.56 bits per heavy atom. The molecule has 0 bridgehead atoms. The van der Waals surface area contributed by atoms with Gasteiger partial charge in [0.25, 0.3) is 11.5 Å². The Labute approximate surface area is 157 Å². The van der Waals surface area contributed by atoms with Crippen LogP contribution in [0.15, 0.2) is 47.3 Å². The van der Waals surface area contributed by atoms with E-state index in [-0.39, 0.29) is 11.5 Å². The maximum atomic E-state index is 12.4. The van der Waals surface area contributed by atoms with E-state index < -0.39 is 0 Å². The van der Waals surface area contributed by atoms with Gasteiger partial charge in [-0.25, -0.2) is 0 Å². The highest BCUT2D eigenvalue weighted by Gasteiger charge is 2.11. The van der Waals surface area contributed by atoms with Gasteiger partial charge in [-0.2, -0.15) is 0 Å². The number of methoxy groups -OCH3 is 2. The average Bonchev–Trinajstić information content (AvgIpc) is 2.68. The number of amides is 1. The molecule has 0 unspecified atom stereocenters. The number of fused-ring (bicyclic) bond motifs is 1. The van der Waals surface area contributed by atoms with Crippen LogP contribution >= 0.6 is 0 Å². The van der Waals surface area contributed by atoms with Gasteiger partial charge in [-0.15, -0.1) is 0 Å². The number of carbonyl (C=O) groups is 1. The van der Waals surface area contributed by atoms with E-state index in [9.17, 15) is 9.59 Å². The Morgan fingerprint density at radius 1 is 1.04 bits per heavy atom. The van der Waals surface area contributed by atoms with Crippen molar-refractivity contribution in [1.82, 2.24) is 10.3 Å². The van der Waals surface area contributed by atoms with Crippen molar-refractivity contribution in [3.8, 4) is 11.5 Å². The summed E-state index contributed by atoms with van der Waals surface area (Å²) in [6.07, 6.45) is 0.443. The van der Waals surface area contributed by atoms with E-state index in [1.54, 1.807) is 25.3 Å². The Hall–Kier alpha value is -3.28. The second kappa shape index (κ2) is 7.95. The summed E-state index contributed by atoms with van der Waals surface area (Å²) in [6.45, 7) is 2.36. The Kier molecular flexibility index (Phi) is 5.45.